The number of rotatable bonds is 3. The zero-order valence-electron chi connectivity index (χ0n) is 9.26. The number of ether oxygens (including phenoxy) is 1. The average molecular weight is 245 g/mol. The largest absolute Gasteiger partial charge is 0.493 e. The number of hydrogen-bond donors (Lipinski definition) is 1. The summed E-state index contributed by atoms with van der Waals surface area (Å²) < 4.78 is 41.6. The Hall–Kier alpha value is -1.23. The van der Waals surface area contributed by atoms with Gasteiger partial charge in [0.2, 0.25) is 0 Å². The van der Waals surface area contributed by atoms with Gasteiger partial charge in [0.25, 0.3) is 0 Å². The molecule has 1 unspecified atom stereocenters. The van der Waals surface area contributed by atoms with E-state index in [-0.39, 0.29) is 12.6 Å². The minimum atomic E-state index is -4.10. The topological polar surface area (TPSA) is 21.3 Å². The van der Waals surface area contributed by atoms with Crippen LogP contribution >= 0.6 is 0 Å². The van der Waals surface area contributed by atoms with E-state index in [0.717, 1.165) is 11.3 Å². The molecule has 1 aliphatic heterocycles. The number of fused-ring (bicyclic) bond motifs is 1. The number of nitrogens with one attached hydrogen (secondary N) is 1. The Morgan fingerprint density at radius 2 is 2.06 bits per heavy atom. The zero-order valence-corrected chi connectivity index (χ0v) is 9.26. The zero-order chi connectivity index (χ0) is 12.3. The Kier molecular flexibility index (Phi) is 3.57. The van der Waals surface area contributed by atoms with Crippen molar-refractivity contribution in [3.8, 4) is 5.75 Å². The van der Waals surface area contributed by atoms with Crippen molar-refractivity contribution in [3.63, 3.8) is 0 Å². The van der Waals surface area contributed by atoms with Crippen LogP contribution in [0.4, 0.5) is 13.2 Å². The van der Waals surface area contributed by atoms with Gasteiger partial charge in [-0.05, 0) is 6.07 Å². The van der Waals surface area contributed by atoms with Crippen LogP contribution < -0.4 is 10.1 Å². The highest BCUT2D eigenvalue weighted by Crippen LogP contribution is 2.31. The SMILES string of the molecule is FC(F)(F)CCNC1CCOc2ccccc21. The first-order chi connectivity index (χ1) is 8.06. The Morgan fingerprint density at radius 1 is 1.29 bits per heavy atom. The molecule has 1 aromatic carbocycles. The van der Waals surface area contributed by atoms with E-state index in [2.05, 4.69) is 5.32 Å². The average Bonchev–Trinajstić information content (AvgIpc) is 2.28. The third kappa shape index (κ3) is 3.36. The molecule has 0 saturated heterocycles. The normalized spacial score (nSPS) is 19.6. The summed E-state index contributed by atoms with van der Waals surface area (Å²) in [5.74, 6) is 0.767. The smallest absolute Gasteiger partial charge is 0.390 e. The predicted octanol–water partition coefficient (Wildman–Crippen LogP) is 3.05. The van der Waals surface area contributed by atoms with Gasteiger partial charge in [0.05, 0.1) is 13.0 Å². The molecule has 0 spiro atoms. The second-order valence-corrected chi connectivity index (χ2v) is 4.05. The van der Waals surface area contributed by atoms with E-state index in [9.17, 15) is 13.2 Å². The van der Waals surface area contributed by atoms with E-state index in [0.29, 0.717) is 13.0 Å². The molecule has 2 rings (SSSR count). The van der Waals surface area contributed by atoms with Crippen molar-refractivity contribution in [2.24, 2.45) is 0 Å². The van der Waals surface area contributed by atoms with Crippen molar-refractivity contribution >= 4 is 0 Å². The van der Waals surface area contributed by atoms with Gasteiger partial charge < -0.3 is 10.1 Å². The van der Waals surface area contributed by atoms with E-state index >= 15 is 0 Å². The highest BCUT2D eigenvalue weighted by atomic mass is 19.4. The first-order valence-electron chi connectivity index (χ1n) is 5.58. The third-order valence-corrected chi connectivity index (χ3v) is 2.76. The summed E-state index contributed by atoms with van der Waals surface area (Å²) in [7, 11) is 0. The van der Waals surface area contributed by atoms with Crippen molar-refractivity contribution in [1.82, 2.24) is 5.32 Å². The predicted molar refractivity (Wildman–Crippen MR) is 58.0 cm³/mol. The number of benzene rings is 1. The number of halogens is 3. The minimum Gasteiger partial charge on any atom is -0.493 e. The fourth-order valence-electron chi connectivity index (χ4n) is 1.94. The molecule has 1 heterocycles. The molecule has 1 atom stereocenters. The minimum absolute atomic E-state index is 0.0395. The van der Waals surface area contributed by atoms with Gasteiger partial charge >= 0.3 is 6.18 Å². The molecule has 0 saturated carbocycles. The van der Waals surface area contributed by atoms with Gasteiger partial charge in [-0.2, -0.15) is 13.2 Å². The molecule has 1 N–H and O–H groups in total. The standard InChI is InChI=1S/C12H14F3NO/c13-12(14,15)6-7-16-10-5-8-17-11-4-2-1-3-9(10)11/h1-4,10,16H,5-8H2. The molecule has 0 aliphatic carbocycles. The van der Waals surface area contributed by atoms with Crippen LogP contribution in [-0.2, 0) is 0 Å². The van der Waals surface area contributed by atoms with E-state index in [1.807, 2.05) is 24.3 Å². The van der Waals surface area contributed by atoms with E-state index < -0.39 is 12.6 Å². The monoisotopic (exact) mass is 245 g/mol. The number of alkyl halides is 3. The molecule has 17 heavy (non-hydrogen) atoms. The molecule has 5 heteroatoms. The van der Waals surface area contributed by atoms with E-state index in [1.165, 1.54) is 0 Å². The van der Waals surface area contributed by atoms with Gasteiger partial charge in [-0.3, -0.25) is 0 Å². The van der Waals surface area contributed by atoms with Crippen molar-refractivity contribution in [2.45, 2.75) is 25.1 Å². The van der Waals surface area contributed by atoms with Crippen LogP contribution in [0.1, 0.15) is 24.4 Å². The fourth-order valence-corrected chi connectivity index (χ4v) is 1.94. The summed E-state index contributed by atoms with van der Waals surface area (Å²) in [6, 6.07) is 7.41. The quantitative estimate of drug-likeness (QED) is 0.883. The second-order valence-electron chi connectivity index (χ2n) is 4.05. The summed E-state index contributed by atoms with van der Waals surface area (Å²) >= 11 is 0. The van der Waals surface area contributed by atoms with Gasteiger partial charge in [0, 0.05) is 24.6 Å². The van der Waals surface area contributed by atoms with Crippen LogP contribution in [0.3, 0.4) is 0 Å². The van der Waals surface area contributed by atoms with Crippen LogP contribution in [-0.4, -0.2) is 19.3 Å². The van der Waals surface area contributed by atoms with Gasteiger partial charge in [0.1, 0.15) is 5.75 Å². The molecule has 0 fully saturated rings. The fraction of sp³-hybridized carbons (Fsp3) is 0.500. The van der Waals surface area contributed by atoms with Crippen LogP contribution in [0, 0.1) is 0 Å². The molecule has 0 aromatic heterocycles. The van der Waals surface area contributed by atoms with Crippen molar-refractivity contribution < 1.29 is 17.9 Å². The van der Waals surface area contributed by atoms with Gasteiger partial charge in [-0.1, -0.05) is 18.2 Å². The molecule has 94 valence electrons. The summed E-state index contributed by atoms with van der Waals surface area (Å²) in [4.78, 5) is 0. The molecule has 0 amide bonds. The van der Waals surface area contributed by atoms with Crippen molar-refractivity contribution in [1.29, 1.82) is 0 Å². The van der Waals surface area contributed by atoms with Crippen LogP contribution in [0.5, 0.6) is 5.75 Å². The Balaban J connectivity index is 1.95. The summed E-state index contributed by atoms with van der Waals surface area (Å²) in [5.41, 5.74) is 0.945. The lowest BCUT2D eigenvalue weighted by molar-refractivity contribution is -0.133. The molecule has 0 radical (unpaired) electrons. The molecule has 0 bridgehead atoms. The first kappa shape index (κ1) is 12.2. The molecule has 1 aromatic rings. The molecular formula is C12H14F3NO. The Labute approximate surface area is 97.8 Å². The molecule has 1 aliphatic rings. The van der Waals surface area contributed by atoms with Crippen LogP contribution in [0.25, 0.3) is 0 Å². The Morgan fingerprint density at radius 3 is 2.82 bits per heavy atom. The maximum absolute atomic E-state index is 12.0. The molecule has 2 nitrogen and oxygen atoms in total. The van der Waals surface area contributed by atoms with Crippen LogP contribution in [0.2, 0.25) is 0 Å². The summed E-state index contributed by atoms with van der Waals surface area (Å²) in [6.07, 6.45) is -4.20. The summed E-state index contributed by atoms with van der Waals surface area (Å²) in [5, 5.41) is 2.93. The van der Waals surface area contributed by atoms with Gasteiger partial charge in [0.15, 0.2) is 0 Å². The number of para-hydroxylation sites is 1. The molecular weight excluding hydrogens is 231 g/mol. The lowest BCUT2D eigenvalue weighted by atomic mass is 10.0. The maximum Gasteiger partial charge on any atom is 0.390 e. The van der Waals surface area contributed by atoms with Crippen molar-refractivity contribution in [2.75, 3.05) is 13.2 Å². The lowest BCUT2D eigenvalue weighted by Gasteiger charge is -2.26. The van der Waals surface area contributed by atoms with Crippen LogP contribution in [0.15, 0.2) is 24.3 Å². The van der Waals surface area contributed by atoms with Gasteiger partial charge in [-0.25, -0.2) is 0 Å². The highest BCUT2D eigenvalue weighted by Gasteiger charge is 2.27. The van der Waals surface area contributed by atoms with E-state index in [4.69, 9.17) is 4.74 Å². The second kappa shape index (κ2) is 4.96. The van der Waals surface area contributed by atoms with E-state index in [1.54, 1.807) is 0 Å². The third-order valence-electron chi connectivity index (χ3n) is 2.76. The first-order valence-corrected chi connectivity index (χ1v) is 5.58. The number of hydrogen-bond acceptors (Lipinski definition) is 2. The van der Waals surface area contributed by atoms with Crippen molar-refractivity contribution in [3.05, 3.63) is 29.8 Å². The highest BCUT2D eigenvalue weighted by molar-refractivity contribution is 5.37. The van der Waals surface area contributed by atoms with Gasteiger partial charge in [-0.15, -0.1) is 0 Å². The summed E-state index contributed by atoms with van der Waals surface area (Å²) in [6.45, 7) is 0.489. The lowest BCUT2D eigenvalue weighted by Crippen LogP contribution is -2.30. The maximum atomic E-state index is 12.0. The Bertz CT molecular complexity index is 378.